The van der Waals surface area contributed by atoms with Crippen molar-refractivity contribution in [1.82, 2.24) is 9.96 Å². The molecule has 0 unspecified atom stereocenters. The second kappa shape index (κ2) is 29.9. The lowest BCUT2D eigenvalue weighted by Crippen LogP contribution is -2.34. The van der Waals surface area contributed by atoms with Crippen LogP contribution in [0.15, 0.2) is 0 Å². The molecule has 0 bridgehead atoms. The Morgan fingerprint density at radius 3 is 1.19 bits per heavy atom. The van der Waals surface area contributed by atoms with Gasteiger partial charge >= 0.3 is 5.97 Å². The molecule has 0 radical (unpaired) electrons. The first-order valence-corrected chi connectivity index (χ1v) is 16.7. The minimum atomic E-state index is -0.0371. The molecule has 0 heterocycles. The van der Waals surface area contributed by atoms with Crippen LogP contribution in [0, 0.1) is 0 Å². The third-order valence-electron chi connectivity index (χ3n) is 7.52. The van der Waals surface area contributed by atoms with Crippen LogP contribution in [0.1, 0.15) is 174 Å². The van der Waals surface area contributed by atoms with Crippen LogP contribution in [-0.2, 0) is 9.63 Å². The molecule has 4 nitrogen and oxygen atoms in total. The topological polar surface area (TPSA) is 32.8 Å². The summed E-state index contributed by atoms with van der Waals surface area (Å²) >= 11 is 0. The molecule has 37 heavy (non-hydrogen) atoms. The highest BCUT2D eigenvalue weighted by molar-refractivity contribution is 5.68. The van der Waals surface area contributed by atoms with E-state index in [2.05, 4.69) is 32.8 Å². The number of carbonyl (C=O) groups excluding carboxylic acids is 1. The van der Waals surface area contributed by atoms with E-state index in [0.29, 0.717) is 6.42 Å². The van der Waals surface area contributed by atoms with E-state index < -0.39 is 0 Å². The van der Waals surface area contributed by atoms with E-state index >= 15 is 0 Å². The van der Waals surface area contributed by atoms with Gasteiger partial charge in [0.2, 0.25) is 0 Å². The van der Waals surface area contributed by atoms with Gasteiger partial charge in [0.1, 0.15) is 0 Å². The van der Waals surface area contributed by atoms with Gasteiger partial charge in [-0.05, 0) is 26.9 Å². The van der Waals surface area contributed by atoms with Gasteiger partial charge in [-0.1, -0.05) is 155 Å². The summed E-state index contributed by atoms with van der Waals surface area (Å²) < 4.78 is 0. The van der Waals surface area contributed by atoms with Crippen molar-refractivity contribution in [2.75, 3.05) is 33.7 Å². The van der Waals surface area contributed by atoms with Gasteiger partial charge < -0.3 is 9.74 Å². The van der Waals surface area contributed by atoms with Crippen LogP contribution < -0.4 is 0 Å². The summed E-state index contributed by atoms with van der Waals surface area (Å²) in [5.41, 5.74) is 0. The standard InChI is InChI=1S/C33H68N2O2/c1-5-7-9-11-13-15-17-18-19-21-23-25-27-29-33(36)37-35(32-31-34(3)4)30-28-26-24-22-20-16-14-12-10-8-6-2/h5-32H2,1-4H3. The van der Waals surface area contributed by atoms with E-state index in [-0.39, 0.29) is 5.97 Å². The second-order valence-electron chi connectivity index (χ2n) is 11.7. The number of nitrogens with zero attached hydrogens (tertiary/aromatic N) is 2. The van der Waals surface area contributed by atoms with Crippen LogP contribution in [0.2, 0.25) is 0 Å². The Bertz CT molecular complexity index is 456. The van der Waals surface area contributed by atoms with Crippen LogP contribution in [0.5, 0.6) is 0 Å². The maximum absolute atomic E-state index is 12.4. The van der Waals surface area contributed by atoms with Gasteiger partial charge in [-0.15, -0.1) is 5.06 Å². The van der Waals surface area contributed by atoms with E-state index in [4.69, 9.17) is 4.84 Å². The summed E-state index contributed by atoms with van der Waals surface area (Å²) in [4.78, 5) is 20.4. The molecule has 0 aliphatic heterocycles. The van der Waals surface area contributed by atoms with Crippen molar-refractivity contribution in [3.8, 4) is 0 Å². The first-order valence-electron chi connectivity index (χ1n) is 16.7. The number of unbranched alkanes of at least 4 members (excludes halogenated alkanes) is 22. The van der Waals surface area contributed by atoms with Crippen LogP contribution in [0.25, 0.3) is 0 Å². The zero-order valence-corrected chi connectivity index (χ0v) is 26.0. The Balaban J connectivity index is 3.74. The predicted molar refractivity (Wildman–Crippen MR) is 163 cm³/mol. The second-order valence-corrected chi connectivity index (χ2v) is 11.7. The summed E-state index contributed by atoms with van der Waals surface area (Å²) in [5.74, 6) is -0.0371. The van der Waals surface area contributed by atoms with Crippen molar-refractivity contribution in [2.45, 2.75) is 174 Å². The number of likely N-dealkylation sites (N-methyl/N-ethyl adjacent to an activating group) is 1. The van der Waals surface area contributed by atoms with Gasteiger partial charge in [0.05, 0.1) is 0 Å². The van der Waals surface area contributed by atoms with E-state index in [9.17, 15) is 4.79 Å². The van der Waals surface area contributed by atoms with Crippen molar-refractivity contribution in [1.29, 1.82) is 0 Å². The predicted octanol–water partition coefficient (Wildman–Crippen LogP) is 10.1. The zero-order valence-electron chi connectivity index (χ0n) is 26.0. The number of carbonyl (C=O) groups is 1. The average molecular weight is 525 g/mol. The maximum atomic E-state index is 12.4. The van der Waals surface area contributed by atoms with Crippen LogP contribution in [-0.4, -0.2) is 49.7 Å². The van der Waals surface area contributed by atoms with Crippen molar-refractivity contribution in [3.05, 3.63) is 0 Å². The summed E-state index contributed by atoms with van der Waals surface area (Å²) in [5, 5.41) is 1.93. The first-order chi connectivity index (χ1) is 18.1. The van der Waals surface area contributed by atoms with E-state index in [0.717, 1.165) is 38.9 Å². The SMILES string of the molecule is CCCCCCCCCCCCCCCC(=O)ON(CCCCCCCCCCCCC)CCN(C)C. The molecule has 0 saturated carbocycles. The van der Waals surface area contributed by atoms with Crippen molar-refractivity contribution in [2.24, 2.45) is 0 Å². The lowest BCUT2D eigenvalue weighted by molar-refractivity contribution is -0.191. The molecule has 0 aromatic rings. The summed E-state index contributed by atoms with van der Waals surface area (Å²) in [6.45, 7) is 7.15. The van der Waals surface area contributed by atoms with Gasteiger partial charge in [-0.3, -0.25) is 4.79 Å². The molecule has 0 N–H and O–H groups in total. The Morgan fingerprint density at radius 2 is 0.811 bits per heavy atom. The Labute approximate surface area is 233 Å². The minimum absolute atomic E-state index is 0.0371. The Kier molecular flexibility index (Phi) is 29.4. The number of hydrogen-bond acceptors (Lipinski definition) is 4. The monoisotopic (exact) mass is 525 g/mol. The van der Waals surface area contributed by atoms with Crippen LogP contribution in [0.4, 0.5) is 0 Å². The van der Waals surface area contributed by atoms with E-state index in [1.54, 1.807) is 0 Å². The normalized spacial score (nSPS) is 11.6. The minimum Gasteiger partial charge on any atom is -0.368 e. The van der Waals surface area contributed by atoms with Gasteiger partial charge in [0, 0.05) is 26.1 Å². The summed E-state index contributed by atoms with van der Waals surface area (Å²) in [7, 11) is 4.16. The molecule has 4 heteroatoms. The highest BCUT2D eigenvalue weighted by atomic mass is 16.7. The van der Waals surface area contributed by atoms with E-state index in [1.807, 2.05) is 5.06 Å². The number of hydrogen-bond donors (Lipinski definition) is 0. The molecule has 0 aromatic heterocycles. The first kappa shape index (κ1) is 36.4. The van der Waals surface area contributed by atoms with E-state index in [1.165, 1.54) is 135 Å². The molecular weight excluding hydrogens is 456 g/mol. The van der Waals surface area contributed by atoms with Crippen molar-refractivity contribution < 1.29 is 9.63 Å². The maximum Gasteiger partial charge on any atom is 0.325 e. The third kappa shape index (κ3) is 29.8. The van der Waals surface area contributed by atoms with Gasteiger partial charge in [0.15, 0.2) is 0 Å². The lowest BCUT2D eigenvalue weighted by Gasteiger charge is -2.23. The highest BCUT2D eigenvalue weighted by Crippen LogP contribution is 2.14. The summed E-state index contributed by atoms with van der Waals surface area (Å²) in [6.07, 6.45) is 32.6. The van der Waals surface area contributed by atoms with Gasteiger partial charge in [-0.2, -0.15) is 0 Å². The van der Waals surface area contributed by atoms with Gasteiger partial charge in [0.25, 0.3) is 0 Å². The highest BCUT2D eigenvalue weighted by Gasteiger charge is 2.12. The molecule has 0 atom stereocenters. The molecule has 0 aliphatic carbocycles. The fraction of sp³-hybridized carbons (Fsp3) is 0.970. The molecule has 0 fully saturated rings. The Morgan fingerprint density at radius 1 is 0.459 bits per heavy atom. The fourth-order valence-corrected chi connectivity index (χ4v) is 4.94. The third-order valence-corrected chi connectivity index (χ3v) is 7.52. The van der Waals surface area contributed by atoms with Crippen molar-refractivity contribution in [3.63, 3.8) is 0 Å². The molecule has 0 aliphatic rings. The van der Waals surface area contributed by atoms with Crippen molar-refractivity contribution >= 4 is 5.97 Å². The molecule has 0 spiro atoms. The number of hydroxylamine groups is 2. The van der Waals surface area contributed by atoms with Gasteiger partial charge in [-0.25, -0.2) is 0 Å². The van der Waals surface area contributed by atoms with Crippen LogP contribution >= 0.6 is 0 Å². The number of rotatable bonds is 30. The molecule has 0 rings (SSSR count). The fourth-order valence-electron chi connectivity index (χ4n) is 4.94. The van der Waals surface area contributed by atoms with Crippen LogP contribution in [0.3, 0.4) is 0 Å². The molecular formula is C33H68N2O2. The quantitative estimate of drug-likeness (QED) is 0.0691. The lowest BCUT2D eigenvalue weighted by atomic mass is 10.0. The summed E-state index contributed by atoms with van der Waals surface area (Å²) in [6, 6.07) is 0. The molecule has 0 saturated heterocycles. The largest absolute Gasteiger partial charge is 0.368 e. The zero-order chi connectivity index (χ0) is 27.2. The molecule has 222 valence electrons. The Hall–Kier alpha value is -0.610. The smallest absolute Gasteiger partial charge is 0.325 e. The molecule has 0 amide bonds. The molecule has 0 aromatic carbocycles. The average Bonchev–Trinajstić information content (AvgIpc) is 2.88.